The Hall–Kier alpha value is -3.29. The maximum atomic E-state index is 12.2. The second kappa shape index (κ2) is 9.96. The zero-order valence-corrected chi connectivity index (χ0v) is 17.0. The molecule has 0 radical (unpaired) electrons. The van der Waals surface area contributed by atoms with Crippen LogP contribution >= 0.6 is 0 Å². The monoisotopic (exact) mass is 423 g/mol. The zero-order valence-electron chi connectivity index (χ0n) is 16.2. The van der Waals surface area contributed by atoms with Crippen LogP contribution in [0.1, 0.15) is 16.8 Å². The molecule has 3 aromatic rings. The van der Waals surface area contributed by atoms with Crippen molar-refractivity contribution in [2.45, 2.75) is 11.3 Å². The molecule has 0 saturated carbocycles. The Balaban J connectivity index is 1.45. The Morgan fingerprint density at radius 1 is 0.767 bits per heavy atom. The molecule has 0 aliphatic carbocycles. The van der Waals surface area contributed by atoms with Crippen molar-refractivity contribution in [1.82, 2.24) is 4.72 Å². The maximum Gasteiger partial charge on any atom is 0.307 e. The molecule has 7 heteroatoms. The van der Waals surface area contributed by atoms with Gasteiger partial charge in [-0.05, 0) is 23.3 Å². The first-order chi connectivity index (χ1) is 14.5. The lowest BCUT2D eigenvalue weighted by atomic mass is 10.0. The zero-order chi connectivity index (χ0) is 21.4. The third-order valence-corrected chi connectivity index (χ3v) is 5.83. The molecule has 0 aromatic heterocycles. The largest absolute Gasteiger partial charge is 0.457 e. The fraction of sp³-hybridized carbons (Fsp3) is 0.130. The van der Waals surface area contributed by atoms with Crippen LogP contribution in [-0.4, -0.2) is 33.3 Å². The number of ketones is 1. The second-order valence-corrected chi connectivity index (χ2v) is 8.26. The predicted molar refractivity (Wildman–Crippen MR) is 113 cm³/mol. The number of hydrogen-bond donors (Lipinski definition) is 1. The van der Waals surface area contributed by atoms with Crippen LogP contribution < -0.4 is 4.72 Å². The number of benzene rings is 3. The molecule has 154 valence electrons. The first kappa shape index (κ1) is 21.4. The normalized spacial score (nSPS) is 11.1. The van der Waals surface area contributed by atoms with Crippen LogP contribution in [0, 0.1) is 0 Å². The number of hydrogen-bond acceptors (Lipinski definition) is 5. The van der Waals surface area contributed by atoms with Gasteiger partial charge in [0.25, 0.3) is 0 Å². The molecule has 3 rings (SSSR count). The van der Waals surface area contributed by atoms with Gasteiger partial charge in [0.2, 0.25) is 10.0 Å². The highest BCUT2D eigenvalue weighted by atomic mass is 32.2. The molecule has 0 atom stereocenters. The molecule has 1 N–H and O–H groups in total. The van der Waals surface area contributed by atoms with Crippen LogP contribution in [0.25, 0.3) is 11.1 Å². The van der Waals surface area contributed by atoms with Crippen molar-refractivity contribution in [2.24, 2.45) is 0 Å². The SMILES string of the molecule is O=C(CCNS(=O)(=O)c1ccccc1)OCC(=O)c1ccc(-c2ccccc2)cc1. The second-order valence-electron chi connectivity index (χ2n) is 6.49. The van der Waals surface area contributed by atoms with Gasteiger partial charge in [-0.15, -0.1) is 0 Å². The average Bonchev–Trinajstić information content (AvgIpc) is 2.78. The van der Waals surface area contributed by atoms with E-state index in [-0.39, 0.29) is 23.6 Å². The number of nitrogens with one attached hydrogen (secondary N) is 1. The fourth-order valence-electron chi connectivity index (χ4n) is 2.75. The average molecular weight is 423 g/mol. The van der Waals surface area contributed by atoms with Crippen molar-refractivity contribution in [3.05, 3.63) is 90.5 Å². The summed E-state index contributed by atoms with van der Waals surface area (Å²) >= 11 is 0. The molecule has 0 heterocycles. The summed E-state index contributed by atoms with van der Waals surface area (Å²) in [6, 6.07) is 24.7. The summed E-state index contributed by atoms with van der Waals surface area (Å²) in [5.41, 5.74) is 2.46. The summed E-state index contributed by atoms with van der Waals surface area (Å²) in [5.74, 6) is -0.979. The molecule has 0 unspecified atom stereocenters. The number of sulfonamides is 1. The summed E-state index contributed by atoms with van der Waals surface area (Å²) in [6.07, 6.45) is -0.174. The van der Waals surface area contributed by atoms with Gasteiger partial charge in [-0.1, -0.05) is 72.8 Å². The van der Waals surface area contributed by atoms with Crippen molar-refractivity contribution >= 4 is 21.8 Å². The van der Waals surface area contributed by atoms with E-state index in [0.29, 0.717) is 5.56 Å². The van der Waals surface area contributed by atoms with E-state index in [1.165, 1.54) is 12.1 Å². The summed E-state index contributed by atoms with van der Waals surface area (Å²) in [4.78, 5) is 24.2. The fourth-order valence-corrected chi connectivity index (χ4v) is 3.80. The number of carbonyl (C=O) groups excluding carboxylic acids is 2. The molecular weight excluding hydrogens is 402 g/mol. The number of carbonyl (C=O) groups is 2. The smallest absolute Gasteiger partial charge is 0.307 e. The topological polar surface area (TPSA) is 89.5 Å². The standard InChI is InChI=1S/C23H21NO5S/c25-22(20-13-11-19(12-14-20)18-7-3-1-4-8-18)17-29-23(26)15-16-24-30(27,28)21-9-5-2-6-10-21/h1-14,24H,15-17H2. The van der Waals surface area contributed by atoms with Crippen LogP contribution in [-0.2, 0) is 19.6 Å². The lowest BCUT2D eigenvalue weighted by Gasteiger charge is -2.07. The Kier molecular flexibility index (Phi) is 7.11. The minimum atomic E-state index is -3.68. The van der Waals surface area contributed by atoms with Crippen LogP contribution in [0.5, 0.6) is 0 Å². The molecule has 0 bridgehead atoms. The minimum absolute atomic E-state index is 0.115. The summed E-state index contributed by atoms with van der Waals surface area (Å²) < 4.78 is 31.5. The van der Waals surface area contributed by atoms with Crippen molar-refractivity contribution in [1.29, 1.82) is 0 Å². The van der Waals surface area contributed by atoms with Crippen molar-refractivity contribution in [2.75, 3.05) is 13.2 Å². The number of esters is 1. The van der Waals surface area contributed by atoms with E-state index in [9.17, 15) is 18.0 Å². The lowest BCUT2D eigenvalue weighted by Crippen LogP contribution is -2.27. The van der Waals surface area contributed by atoms with Gasteiger partial charge < -0.3 is 4.74 Å². The summed E-state index contributed by atoms with van der Waals surface area (Å²) in [5, 5.41) is 0. The van der Waals surface area contributed by atoms with Gasteiger partial charge >= 0.3 is 5.97 Å². The van der Waals surface area contributed by atoms with Crippen molar-refractivity contribution < 1.29 is 22.7 Å². The summed E-state index contributed by atoms with van der Waals surface area (Å²) in [7, 11) is -3.68. The van der Waals surface area contributed by atoms with E-state index in [2.05, 4.69) is 4.72 Å². The first-order valence-corrected chi connectivity index (χ1v) is 10.8. The van der Waals surface area contributed by atoms with E-state index in [0.717, 1.165) is 11.1 Å². The molecule has 0 spiro atoms. The quantitative estimate of drug-likeness (QED) is 0.421. The third kappa shape index (κ3) is 5.85. The summed E-state index contributed by atoms with van der Waals surface area (Å²) in [6.45, 7) is -0.509. The van der Waals surface area contributed by atoms with Gasteiger partial charge in [-0.25, -0.2) is 13.1 Å². The van der Waals surface area contributed by atoms with Gasteiger partial charge in [-0.2, -0.15) is 0 Å². The van der Waals surface area contributed by atoms with E-state index in [1.807, 2.05) is 42.5 Å². The van der Waals surface area contributed by atoms with Gasteiger partial charge in [-0.3, -0.25) is 9.59 Å². The Morgan fingerprint density at radius 3 is 1.97 bits per heavy atom. The molecular formula is C23H21NO5S. The van der Waals surface area contributed by atoms with E-state index in [4.69, 9.17) is 4.74 Å². The van der Waals surface area contributed by atoms with Gasteiger partial charge in [0, 0.05) is 12.1 Å². The Labute approximate surface area is 175 Å². The molecule has 30 heavy (non-hydrogen) atoms. The first-order valence-electron chi connectivity index (χ1n) is 9.35. The Morgan fingerprint density at radius 2 is 1.33 bits per heavy atom. The van der Waals surface area contributed by atoms with Crippen LogP contribution in [0.4, 0.5) is 0 Å². The lowest BCUT2D eigenvalue weighted by molar-refractivity contribution is -0.142. The highest BCUT2D eigenvalue weighted by Crippen LogP contribution is 2.19. The molecule has 6 nitrogen and oxygen atoms in total. The highest BCUT2D eigenvalue weighted by Gasteiger charge is 2.15. The minimum Gasteiger partial charge on any atom is -0.457 e. The van der Waals surface area contributed by atoms with Crippen molar-refractivity contribution in [3.8, 4) is 11.1 Å². The molecule has 0 aliphatic rings. The number of ether oxygens (including phenoxy) is 1. The molecule has 0 aliphatic heterocycles. The van der Waals surface area contributed by atoms with Crippen LogP contribution in [0.15, 0.2) is 89.8 Å². The molecule has 0 fully saturated rings. The van der Waals surface area contributed by atoms with Crippen molar-refractivity contribution in [3.63, 3.8) is 0 Å². The molecule has 0 amide bonds. The van der Waals surface area contributed by atoms with Gasteiger partial charge in [0.15, 0.2) is 12.4 Å². The van der Waals surface area contributed by atoms with E-state index in [1.54, 1.807) is 30.3 Å². The third-order valence-electron chi connectivity index (χ3n) is 4.35. The number of Topliss-reactive ketones (excluding diaryl/α,β-unsaturated/α-hetero) is 1. The van der Waals surface area contributed by atoms with Crippen LogP contribution in [0.3, 0.4) is 0 Å². The van der Waals surface area contributed by atoms with Crippen LogP contribution in [0.2, 0.25) is 0 Å². The predicted octanol–water partition coefficient (Wildman–Crippen LogP) is 3.45. The maximum absolute atomic E-state index is 12.2. The van der Waals surface area contributed by atoms with Gasteiger partial charge in [0.1, 0.15) is 0 Å². The Bertz CT molecular complexity index is 1100. The van der Waals surface area contributed by atoms with Gasteiger partial charge in [0.05, 0.1) is 11.3 Å². The molecule has 0 saturated heterocycles. The number of rotatable bonds is 9. The van der Waals surface area contributed by atoms with E-state index >= 15 is 0 Å². The molecule has 3 aromatic carbocycles. The van der Waals surface area contributed by atoms with E-state index < -0.39 is 22.6 Å². The highest BCUT2D eigenvalue weighted by molar-refractivity contribution is 7.89.